The summed E-state index contributed by atoms with van der Waals surface area (Å²) in [6.45, 7) is 5.30. The number of hydrogen-bond acceptors (Lipinski definition) is 3. The van der Waals surface area contributed by atoms with E-state index in [1.165, 1.54) is 0 Å². The molecule has 7 heteroatoms. The number of hydrogen-bond donors (Lipinski definition) is 3. The van der Waals surface area contributed by atoms with Gasteiger partial charge in [0.1, 0.15) is 0 Å². The van der Waals surface area contributed by atoms with Gasteiger partial charge in [0, 0.05) is 13.1 Å². The molecule has 0 fully saturated rings. The molecule has 0 bridgehead atoms. The van der Waals surface area contributed by atoms with Gasteiger partial charge in [-0.15, -0.1) is 0 Å². The lowest BCUT2D eigenvalue weighted by molar-refractivity contribution is -0.142. The van der Waals surface area contributed by atoms with Crippen LogP contribution in [0.3, 0.4) is 0 Å². The molecule has 0 aliphatic heterocycles. The van der Waals surface area contributed by atoms with Crippen LogP contribution in [-0.4, -0.2) is 32.6 Å². The molecule has 1 atom stereocenters. The molecule has 0 saturated carbocycles. The Morgan fingerprint density at radius 2 is 1.87 bits per heavy atom. The predicted octanol–water partition coefficient (Wildman–Crippen LogP) is -0.213. The first kappa shape index (κ1) is 14.3. The molecule has 6 nitrogen and oxygen atoms in total. The lowest BCUT2D eigenvalue weighted by Crippen LogP contribution is -2.41. The van der Waals surface area contributed by atoms with Crippen LogP contribution >= 0.6 is 0 Å². The van der Waals surface area contributed by atoms with Crippen LogP contribution in [0.1, 0.15) is 20.8 Å². The number of rotatable bonds is 7. The summed E-state index contributed by atoms with van der Waals surface area (Å²) in [5.74, 6) is -1.82. The Balaban J connectivity index is 4.29. The number of aliphatic carboxylic acids is 1. The average Bonchev–Trinajstić information content (AvgIpc) is 2.01. The quantitative estimate of drug-likeness (QED) is 0.571. The van der Waals surface area contributed by atoms with Crippen LogP contribution in [-0.2, 0) is 15.0 Å². The van der Waals surface area contributed by atoms with Crippen molar-refractivity contribution in [2.75, 3.05) is 13.1 Å². The van der Waals surface area contributed by atoms with Crippen LogP contribution < -0.4 is 9.44 Å². The Hall–Kier alpha value is -0.660. The van der Waals surface area contributed by atoms with Crippen molar-refractivity contribution in [1.29, 1.82) is 0 Å². The molecule has 0 saturated heterocycles. The third-order valence-electron chi connectivity index (χ3n) is 1.95. The van der Waals surface area contributed by atoms with E-state index in [0.29, 0.717) is 0 Å². The van der Waals surface area contributed by atoms with Crippen molar-refractivity contribution < 1.29 is 18.3 Å². The minimum Gasteiger partial charge on any atom is -0.481 e. The van der Waals surface area contributed by atoms with Crippen LogP contribution in [0.4, 0.5) is 0 Å². The van der Waals surface area contributed by atoms with Gasteiger partial charge in [-0.05, 0) is 5.92 Å². The lowest BCUT2D eigenvalue weighted by atomic mass is 9.97. The zero-order valence-electron chi connectivity index (χ0n) is 9.15. The molecule has 15 heavy (non-hydrogen) atoms. The van der Waals surface area contributed by atoms with Gasteiger partial charge in [0.2, 0.25) is 0 Å². The molecule has 0 aromatic rings. The molecule has 0 aromatic carbocycles. The highest BCUT2D eigenvalue weighted by molar-refractivity contribution is 7.87. The van der Waals surface area contributed by atoms with Crippen LogP contribution in [0.2, 0.25) is 0 Å². The molecule has 0 amide bonds. The molecular weight excluding hydrogens is 220 g/mol. The fourth-order valence-electron chi connectivity index (χ4n) is 1.05. The van der Waals surface area contributed by atoms with E-state index in [4.69, 9.17) is 5.11 Å². The molecule has 0 aliphatic rings. The van der Waals surface area contributed by atoms with E-state index < -0.39 is 22.1 Å². The maximum Gasteiger partial charge on any atom is 0.308 e. The topological polar surface area (TPSA) is 95.5 Å². The molecule has 1 unspecified atom stereocenters. The average molecular weight is 238 g/mol. The summed E-state index contributed by atoms with van der Waals surface area (Å²) in [5, 5.41) is 8.82. The summed E-state index contributed by atoms with van der Waals surface area (Å²) in [7, 11) is -3.56. The molecule has 0 spiro atoms. The van der Waals surface area contributed by atoms with E-state index in [1.807, 2.05) is 0 Å². The summed E-state index contributed by atoms with van der Waals surface area (Å²) in [6, 6.07) is 0. The Bertz CT molecular complexity index is 300. The second kappa shape index (κ2) is 6.04. The first-order chi connectivity index (χ1) is 6.80. The molecule has 90 valence electrons. The van der Waals surface area contributed by atoms with Crippen LogP contribution in [0.15, 0.2) is 0 Å². The van der Waals surface area contributed by atoms with E-state index in [0.717, 1.165) is 0 Å². The Morgan fingerprint density at radius 1 is 1.33 bits per heavy atom. The van der Waals surface area contributed by atoms with Gasteiger partial charge in [-0.25, -0.2) is 9.44 Å². The minimum absolute atomic E-state index is 0.0949. The predicted molar refractivity (Wildman–Crippen MR) is 56.6 cm³/mol. The van der Waals surface area contributed by atoms with E-state index >= 15 is 0 Å². The monoisotopic (exact) mass is 238 g/mol. The summed E-state index contributed by atoms with van der Waals surface area (Å²) in [5.41, 5.74) is 0. The highest BCUT2D eigenvalue weighted by Crippen LogP contribution is 2.09. The second-order valence-corrected chi connectivity index (χ2v) is 5.12. The zero-order valence-corrected chi connectivity index (χ0v) is 9.97. The largest absolute Gasteiger partial charge is 0.481 e. The smallest absolute Gasteiger partial charge is 0.308 e. The standard InChI is InChI=1S/C8H18N2O4S/c1-4-9-15(13,14)10-5-7(6(2)3)8(11)12/h6-7,9-10H,4-5H2,1-3H3,(H,11,12). The normalized spacial score (nSPS) is 14.1. The highest BCUT2D eigenvalue weighted by atomic mass is 32.2. The minimum atomic E-state index is -3.56. The first-order valence-electron chi connectivity index (χ1n) is 4.77. The number of carboxylic acid groups (broad SMARTS) is 1. The fourth-order valence-corrected chi connectivity index (χ4v) is 1.93. The summed E-state index contributed by atoms with van der Waals surface area (Å²) in [4.78, 5) is 10.8. The Labute approximate surface area is 90.2 Å². The van der Waals surface area contributed by atoms with Gasteiger partial charge in [-0.2, -0.15) is 8.42 Å². The molecule has 0 aliphatic carbocycles. The van der Waals surface area contributed by atoms with Gasteiger partial charge in [-0.3, -0.25) is 4.79 Å². The van der Waals surface area contributed by atoms with Crippen molar-refractivity contribution in [3.05, 3.63) is 0 Å². The molecule has 0 aromatic heterocycles. The van der Waals surface area contributed by atoms with Crippen LogP contribution in [0.25, 0.3) is 0 Å². The van der Waals surface area contributed by atoms with Crippen molar-refractivity contribution in [1.82, 2.24) is 9.44 Å². The van der Waals surface area contributed by atoms with Crippen molar-refractivity contribution in [2.45, 2.75) is 20.8 Å². The lowest BCUT2D eigenvalue weighted by Gasteiger charge is -2.16. The van der Waals surface area contributed by atoms with Crippen molar-refractivity contribution in [3.8, 4) is 0 Å². The van der Waals surface area contributed by atoms with Crippen molar-refractivity contribution in [3.63, 3.8) is 0 Å². The summed E-state index contributed by atoms with van der Waals surface area (Å²) >= 11 is 0. The Kier molecular flexibility index (Phi) is 5.77. The third-order valence-corrected chi connectivity index (χ3v) is 3.16. The third kappa shape index (κ3) is 5.71. The van der Waals surface area contributed by atoms with E-state index in [1.54, 1.807) is 20.8 Å². The number of nitrogens with one attached hydrogen (secondary N) is 2. The van der Waals surface area contributed by atoms with Gasteiger partial charge in [0.25, 0.3) is 10.2 Å². The SMILES string of the molecule is CCNS(=O)(=O)NCC(C(=O)O)C(C)C. The second-order valence-electron chi connectivity index (χ2n) is 3.54. The van der Waals surface area contributed by atoms with Crippen molar-refractivity contribution in [2.24, 2.45) is 11.8 Å². The van der Waals surface area contributed by atoms with Gasteiger partial charge >= 0.3 is 5.97 Å². The van der Waals surface area contributed by atoms with E-state index in [-0.39, 0.29) is 19.0 Å². The van der Waals surface area contributed by atoms with Gasteiger partial charge in [0.15, 0.2) is 0 Å². The molecular formula is C8H18N2O4S. The van der Waals surface area contributed by atoms with Crippen molar-refractivity contribution >= 4 is 16.2 Å². The van der Waals surface area contributed by atoms with E-state index in [9.17, 15) is 13.2 Å². The maximum atomic E-state index is 11.2. The number of carboxylic acids is 1. The summed E-state index contributed by atoms with van der Waals surface area (Å²) in [6.07, 6.45) is 0. The van der Waals surface area contributed by atoms with Gasteiger partial charge in [-0.1, -0.05) is 20.8 Å². The first-order valence-corrected chi connectivity index (χ1v) is 6.25. The van der Waals surface area contributed by atoms with Gasteiger partial charge < -0.3 is 5.11 Å². The molecule has 0 rings (SSSR count). The zero-order chi connectivity index (χ0) is 12.1. The molecule has 0 radical (unpaired) electrons. The summed E-state index contributed by atoms with van der Waals surface area (Å²) < 4.78 is 26.8. The number of carbonyl (C=O) groups is 1. The highest BCUT2D eigenvalue weighted by Gasteiger charge is 2.23. The molecule has 0 heterocycles. The van der Waals surface area contributed by atoms with Gasteiger partial charge in [0.05, 0.1) is 5.92 Å². The van der Waals surface area contributed by atoms with Crippen LogP contribution in [0.5, 0.6) is 0 Å². The fraction of sp³-hybridized carbons (Fsp3) is 0.875. The maximum absolute atomic E-state index is 11.2. The van der Waals surface area contributed by atoms with E-state index in [2.05, 4.69) is 9.44 Å². The Morgan fingerprint density at radius 3 is 2.20 bits per heavy atom. The molecule has 3 N–H and O–H groups in total. The van der Waals surface area contributed by atoms with Crippen LogP contribution in [0, 0.1) is 11.8 Å².